The summed E-state index contributed by atoms with van der Waals surface area (Å²) in [4.78, 5) is 35.9. The molecule has 4 nitrogen and oxygen atoms in total. The van der Waals surface area contributed by atoms with E-state index in [9.17, 15) is 14.4 Å². The van der Waals surface area contributed by atoms with Crippen molar-refractivity contribution >= 4 is 17.5 Å². The zero-order chi connectivity index (χ0) is 14.1. The molecular formula is C14H21NO3. The number of hydrogen-bond donors (Lipinski definition) is 0. The van der Waals surface area contributed by atoms with Crippen molar-refractivity contribution in [2.75, 3.05) is 13.1 Å². The first-order valence-electron chi connectivity index (χ1n) is 5.94. The molecular weight excluding hydrogens is 230 g/mol. The second-order valence-electron chi connectivity index (χ2n) is 4.19. The van der Waals surface area contributed by atoms with Gasteiger partial charge in [-0.2, -0.15) is 0 Å². The molecule has 0 N–H and O–H groups in total. The number of Topliss-reactive ketones (excluding diaryl/α,β-unsaturated/α-hetero) is 2. The summed E-state index contributed by atoms with van der Waals surface area (Å²) < 4.78 is 0. The van der Waals surface area contributed by atoms with Gasteiger partial charge in [-0.25, -0.2) is 0 Å². The summed E-state index contributed by atoms with van der Waals surface area (Å²) in [6, 6.07) is 0. The topological polar surface area (TPSA) is 54.5 Å². The Hall–Kier alpha value is -1.71. The van der Waals surface area contributed by atoms with Crippen molar-refractivity contribution in [3.05, 3.63) is 25.3 Å². The molecule has 0 saturated heterocycles. The van der Waals surface area contributed by atoms with Crippen molar-refractivity contribution in [2.45, 2.75) is 26.7 Å². The number of hydrogen-bond acceptors (Lipinski definition) is 3. The highest BCUT2D eigenvalue weighted by atomic mass is 16.2. The first-order valence-corrected chi connectivity index (χ1v) is 5.94. The number of carbonyl (C=O) groups is 3. The molecule has 0 aromatic rings. The number of rotatable bonds is 9. The van der Waals surface area contributed by atoms with Crippen LogP contribution in [0.1, 0.15) is 26.7 Å². The molecule has 0 rings (SSSR count). The predicted molar refractivity (Wildman–Crippen MR) is 71.1 cm³/mol. The first-order chi connectivity index (χ1) is 8.43. The van der Waals surface area contributed by atoms with E-state index in [1.54, 1.807) is 17.1 Å². The zero-order valence-electron chi connectivity index (χ0n) is 11.1. The third-order valence-corrected chi connectivity index (χ3v) is 2.68. The molecule has 0 bridgehead atoms. The van der Waals surface area contributed by atoms with Crippen LogP contribution in [0.3, 0.4) is 0 Å². The molecule has 0 radical (unpaired) electrons. The Morgan fingerprint density at radius 3 is 1.83 bits per heavy atom. The lowest BCUT2D eigenvalue weighted by Crippen LogP contribution is -2.32. The minimum Gasteiger partial charge on any atom is -0.335 e. The largest absolute Gasteiger partial charge is 0.335 e. The molecule has 0 aromatic heterocycles. The molecule has 4 heteroatoms. The Kier molecular flexibility index (Phi) is 7.59. The lowest BCUT2D eigenvalue weighted by atomic mass is 9.95. The summed E-state index contributed by atoms with van der Waals surface area (Å²) in [5.41, 5.74) is 0. The fourth-order valence-corrected chi connectivity index (χ4v) is 1.71. The van der Waals surface area contributed by atoms with Gasteiger partial charge < -0.3 is 4.90 Å². The van der Waals surface area contributed by atoms with Crippen LogP contribution in [0.25, 0.3) is 0 Å². The second kappa shape index (κ2) is 8.39. The summed E-state index contributed by atoms with van der Waals surface area (Å²) in [7, 11) is 0. The van der Waals surface area contributed by atoms with Gasteiger partial charge >= 0.3 is 0 Å². The molecule has 0 aromatic carbocycles. The fourth-order valence-electron chi connectivity index (χ4n) is 1.71. The van der Waals surface area contributed by atoms with Gasteiger partial charge in [0.15, 0.2) is 0 Å². The van der Waals surface area contributed by atoms with Gasteiger partial charge in [0.05, 0.1) is 5.92 Å². The van der Waals surface area contributed by atoms with Crippen LogP contribution < -0.4 is 0 Å². The summed E-state index contributed by atoms with van der Waals surface area (Å²) in [5.74, 6) is -1.13. The van der Waals surface area contributed by atoms with Crippen molar-refractivity contribution in [1.29, 1.82) is 0 Å². The van der Waals surface area contributed by atoms with Gasteiger partial charge in [-0.15, -0.1) is 13.2 Å². The van der Waals surface area contributed by atoms with E-state index in [0.717, 1.165) is 0 Å². The highest BCUT2D eigenvalue weighted by Gasteiger charge is 2.21. The highest BCUT2D eigenvalue weighted by molar-refractivity contribution is 6.00. The molecule has 0 aliphatic rings. The molecule has 0 aliphatic heterocycles. The molecule has 0 atom stereocenters. The smallest absolute Gasteiger partial charge is 0.223 e. The average Bonchev–Trinajstić information content (AvgIpc) is 2.27. The van der Waals surface area contributed by atoms with Gasteiger partial charge in [0.1, 0.15) is 11.6 Å². The maximum atomic E-state index is 11.9. The minimum atomic E-state index is -0.664. The number of nitrogens with zero attached hydrogens (tertiary/aromatic N) is 1. The Morgan fingerprint density at radius 2 is 1.50 bits per heavy atom. The number of ketones is 2. The molecule has 18 heavy (non-hydrogen) atoms. The van der Waals surface area contributed by atoms with Gasteiger partial charge in [0.25, 0.3) is 0 Å². The van der Waals surface area contributed by atoms with Crippen molar-refractivity contribution in [3.8, 4) is 0 Å². The summed E-state index contributed by atoms with van der Waals surface area (Å²) in [6.07, 6.45) is 3.73. The van der Waals surface area contributed by atoms with E-state index in [1.807, 2.05) is 0 Å². The average molecular weight is 251 g/mol. The normalized spacial score (nSPS) is 9.94. The third kappa shape index (κ3) is 5.57. The first kappa shape index (κ1) is 16.3. The molecule has 100 valence electrons. The van der Waals surface area contributed by atoms with Gasteiger partial charge in [-0.05, 0) is 20.3 Å². The molecule has 0 fully saturated rings. The lowest BCUT2D eigenvalue weighted by molar-refractivity contribution is -0.132. The van der Waals surface area contributed by atoms with E-state index < -0.39 is 5.92 Å². The summed E-state index contributed by atoms with van der Waals surface area (Å²) in [6.45, 7) is 10.8. The zero-order valence-corrected chi connectivity index (χ0v) is 11.1. The van der Waals surface area contributed by atoms with Gasteiger partial charge in [-0.1, -0.05) is 12.2 Å². The van der Waals surface area contributed by atoms with Crippen LogP contribution in [0.2, 0.25) is 0 Å². The fraction of sp³-hybridized carbons (Fsp3) is 0.500. The highest BCUT2D eigenvalue weighted by Crippen LogP contribution is 2.11. The van der Waals surface area contributed by atoms with Gasteiger partial charge in [0, 0.05) is 19.5 Å². The monoisotopic (exact) mass is 251 g/mol. The third-order valence-electron chi connectivity index (χ3n) is 2.68. The van der Waals surface area contributed by atoms with Crippen molar-refractivity contribution in [2.24, 2.45) is 5.92 Å². The standard InChI is InChI=1S/C14H21NO3/c1-5-9-15(10-6-2)14(18)8-7-13(11(3)16)12(4)17/h5-6,13H,1-2,7-10H2,3-4H3. The van der Waals surface area contributed by atoms with E-state index in [0.29, 0.717) is 13.1 Å². The van der Waals surface area contributed by atoms with Crippen LogP contribution in [-0.2, 0) is 14.4 Å². The Bertz CT molecular complexity index is 323. The predicted octanol–water partition coefficient (Wildman–Crippen LogP) is 1.76. The Balaban J connectivity index is 4.44. The molecule has 0 spiro atoms. The molecule has 0 heterocycles. The van der Waals surface area contributed by atoms with Crippen molar-refractivity contribution < 1.29 is 14.4 Å². The van der Waals surface area contributed by atoms with E-state index in [1.165, 1.54) is 13.8 Å². The Labute approximate surface area is 108 Å². The van der Waals surface area contributed by atoms with Crippen LogP contribution in [0.4, 0.5) is 0 Å². The van der Waals surface area contributed by atoms with E-state index in [4.69, 9.17) is 0 Å². The molecule has 0 aliphatic carbocycles. The number of amides is 1. The molecule has 0 saturated carbocycles. The SMILES string of the molecule is C=CCN(CC=C)C(=O)CCC(C(C)=O)C(C)=O. The van der Waals surface area contributed by atoms with Crippen molar-refractivity contribution in [3.63, 3.8) is 0 Å². The quantitative estimate of drug-likeness (QED) is 0.463. The van der Waals surface area contributed by atoms with E-state index >= 15 is 0 Å². The lowest BCUT2D eigenvalue weighted by Gasteiger charge is -2.20. The van der Waals surface area contributed by atoms with Gasteiger partial charge in [0.2, 0.25) is 5.91 Å². The van der Waals surface area contributed by atoms with Crippen molar-refractivity contribution in [1.82, 2.24) is 4.90 Å². The van der Waals surface area contributed by atoms with Crippen LogP contribution in [-0.4, -0.2) is 35.5 Å². The maximum Gasteiger partial charge on any atom is 0.223 e. The molecule has 0 unspecified atom stereocenters. The maximum absolute atomic E-state index is 11.9. The van der Waals surface area contributed by atoms with Gasteiger partial charge in [-0.3, -0.25) is 14.4 Å². The number of carbonyl (C=O) groups excluding carboxylic acids is 3. The van der Waals surface area contributed by atoms with E-state index in [-0.39, 0.29) is 30.3 Å². The van der Waals surface area contributed by atoms with E-state index in [2.05, 4.69) is 13.2 Å². The van der Waals surface area contributed by atoms with Crippen LogP contribution >= 0.6 is 0 Å². The summed E-state index contributed by atoms with van der Waals surface area (Å²) >= 11 is 0. The second-order valence-corrected chi connectivity index (χ2v) is 4.19. The van der Waals surface area contributed by atoms with Crippen LogP contribution in [0.5, 0.6) is 0 Å². The molecule has 1 amide bonds. The van der Waals surface area contributed by atoms with Crippen LogP contribution in [0.15, 0.2) is 25.3 Å². The van der Waals surface area contributed by atoms with Crippen LogP contribution in [0, 0.1) is 5.92 Å². The summed E-state index contributed by atoms with van der Waals surface area (Å²) in [5, 5.41) is 0. The minimum absolute atomic E-state index is 0.0951. The Morgan fingerprint density at radius 1 is 1.06 bits per heavy atom.